The number of rotatable bonds is 0. The molecule has 25 heavy (non-hydrogen) atoms. The number of halogens is 1. The molecule has 6 nitrogen and oxygen atoms in total. The van der Waals surface area contributed by atoms with Crippen molar-refractivity contribution in [2.45, 2.75) is 31.6 Å². The Morgan fingerprint density at radius 3 is 2.88 bits per heavy atom. The van der Waals surface area contributed by atoms with Crippen molar-refractivity contribution in [2.24, 2.45) is 0 Å². The fourth-order valence-corrected chi connectivity index (χ4v) is 4.78. The SMILES string of the molecule is Cc1[nH]nc2c1C1(C(=O)Nc3ccc(Br)cc31)C1=C(CCCC1=O)N2. The number of benzene rings is 1. The molecule has 2 aromatic rings. The first-order chi connectivity index (χ1) is 12.0. The van der Waals surface area contributed by atoms with Gasteiger partial charge in [0.1, 0.15) is 5.41 Å². The molecule has 3 N–H and O–H groups in total. The van der Waals surface area contributed by atoms with Crippen LogP contribution in [0.1, 0.15) is 36.1 Å². The smallest absolute Gasteiger partial charge is 0.244 e. The first kappa shape index (κ1) is 14.9. The van der Waals surface area contributed by atoms with Gasteiger partial charge in [0, 0.05) is 44.7 Å². The molecular weight excluding hydrogens is 384 g/mol. The third-order valence-corrected chi connectivity index (χ3v) is 5.85. The van der Waals surface area contributed by atoms with Gasteiger partial charge < -0.3 is 10.6 Å². The minimum absolute atomic E-state index is 0.0305. The van der Waals surface area contributed by atoms with E-state index in [9.17, 15) is 9.59 Å². The van der Waals surface area contributed by atoms with Crippen molar-refractivity contribution in [3.63, 3.8) is 0 Å². The number of aromatic nitrogens is 2. The zero-order chi connectivity index (χ0) is 17.3. The van der Waals surface area contributed by atoms with Crippen LogP contribution in [0.5, 0.6) is 0 Å². The number of hydrogen-bond donors (Lipinski definition) is 3. The first-order valence-electron chi connectivity index (χ1n) is 8.24. The second-order valence-corrected chi connectivity index (χ2v) is 7.64. The molecule has 1 unspecified atom stereocenters. The maximum Gasteiger partial charge on any atom is 0.244 e. The molecule has 7 heteroatoms. The fraction of sp³-hybridized carbons (Fsp3) is 0.278. The highest BCUT2D eigenvalue weighted by molar-refractivity contribution is 9.10. The zero-order valence-electron chi connectivity index (χ0n) is 13.5. The number of carbonyl (C=O) groups excluding carboxylic acids is 2. The summed E-state index contributed by atoms with van der Waals surface area (Å²) in [5, 5.41) is 13.6. The van der Waals surface area contributed by atoms with Crippen LogP contribution in [0.3, 0.4) is 0 Å². The van der Waals surface area contributed by atoms with E-state index >= 15 is 0 Å². The van der Waals surface area contributed by atoms with Crippen molar-refractivity contribution in [1.29, 1.82) is 0 Å². The average Bonchev–Trinajstić information content (AvgIpc) is 3.07. The number of allylic oxidation sites excluding steroid dienone is 1. The summed E-state index contributed by atoms with van der Waals surface area (Å²) in [5.74, 6) is 0.479. The highest BCUT2D eigenvalue weighted by Gasteiger charge is 2.58. The molecule has 1 atom stereocenters. The molecule has 5 rings (SSSR count). The number of Topliss-reactive ketones (excluding diaryl/α,β-unsaturated/α-hetero) is 1. The van der Waals surface area contributed by atoms with Crippen LogP contribution in [-0.4, -0.2) is 21.9 Å². The number of aromatic amines is 1. The molecule has 1 aromatic heterocycles. The Labute approximate surface area is 152 Å². The van der Waals surface area contributed by atoms with E-state index < -0.39 is 5.41 Å². The number of anilines is 2. The lowest BCUT2D eigenvalue weighted by Gasteiger charge is -2.38. The van der Waals surface area contributed by atoms with Gasteiger partial charge in [-0.05, 0) is 38.0 Å². The number of H-pyrrole nitrogens is 1. The Bertz CT molecular complexity index is 1010. The molecule has 2 aliphatic heterocycles. The molecule has 0 saturated heterocycles. The van der Waals surface area contributed by atoms with E-state index in [4.69, 9.17) is 0 Å². The van der Waals surface area contributed by atoms with Gasteiger partial charge in [0.15, 0.2) is 11.6 Å². The van der Waals surface area contributed by atoms with E-state index in [1.54, 1.807) is 0 Å². The average molecular weight is 399 g/mol. The van der Waals surface area contributed by atoms with E-state index in [1.807, 2.05) is 25.1 Å². The fourth-order valence-electron chi connectivity index (χ4n) is 4.42. The quantitative estimate of drug-likeness (QED) is 0.635. The van der Waals surface area contributed by atoms with Gasteiger partial charge >= 0.3 is 0 Å². The summed E-state index contributed by atoms with van der Waals surface area (Å²) in [4.78, 5) is 26.3. The number of amides is 1. The Morgan fingerprint density at radius 1 is 1.20 bits per heavy atom. The molecule has 1 aromatic carbocycles. The van der Waals surface area contributed by atoms with Gasteiger partial charge in [0.25, 0.3) is 0 Å². The van der Waals surface area contributed by atoms with E-state index in [-0.39, 0.29) is 11.7 Å². The van der Waals surface area contributed by atoms with Crippen molar-refractivity contribution in [3.05, 3.63) is 50.8 Å². The number of hydrogen-bond acceptors (Lipinski definition) is 4. The van der Waals surface area contributed by atoms with Crippen LogP contribution in [0.2, 0.25) is 0 Å². The molecule has 126 valence electrons. The lowest BCUT2D eigenvalue weighted by atomic mass is 9.64. The van der Waals surface area contributed by atoms with Crippen LogP contribution in [-0.2, 0) is 15.0 Å². The molecule has 0 bridgehead atoms. The van der Waals surface area contributed by atoms with E-state index in [0.29, 0.717) is 17.8 Å². The number of fused-ring (bicyclic) bond motifs is 5. The maximum absolute atomic E-state index is 13.4. The van der Waals surface area contributed by atoms with E-state index in [0.717, 1.165) is 45.5 Å². The summed E-state index contributed by atoms with van der Waals surface area (Å²) in [6, 6.07) is 5.69. The molecule has 1 amide bonds. The standard InChI is InChI=1S/C18H15BrN4O2/c1-8-14-16(23-22-8)20-12-3-2-4-13(24)15(12)18(14)10-7-9(19)5-6-11(10)21-17(18)25/h5-7H,2-4H2,1H3,(H,21,25)(H2,20,22,23). The summed E-state index contributed by atoms with van der Waals surface area (Å²) in [6.07, 6.45) is 1.99. The van der Waals surface area contributed by atoms with Crippen molar-refractivity contribution < 1.29 is 9.59 Å². The highest BCUT2D eigenvalue weighted by atomic mass is 79.9. The summed E-state index contributed by atoms with van der Waals surface area (Å²) >= 11 is 3.51. The van der Waals surface area contributed by atoms with E-state index in [1.165, 1.54) is 0 Å². The van der Waals surface area contributed by atoms with Gasteiger partial charge in [-0.25, -0.2) is 0 Å². The summed E-state index contributed by atoms with van der Waals surface area (Å²) in [6.45, 7) is 1.89. The monoisotopic (exact) mass is 398 g/mol. The number of nitrogens with one attached hydrogen (secondary N) is 3. The first-order valence-corrected chi connectivity index (χ1v) is 9.03. The molecule has 3 aliphatic rings. The molecular formula is C18H15BrN4O2. The van der Waals surface area contributed by atoms with Crippen LogP contribution in [0.4, 0.5) is 11.5 Å². The summed E-state index contributed by atoms with van der Waals surface area (Å²) in [5.41, 5.74) is 3.34. The van der Waals surface area contributed by atoms with Crippen LogP contribution >= 0.6 is 15.9 Å². The minimum Gasteiger partial charge on any atom is -0.342 e. The van der Waals surface area contributed by atoms with Crippen LogP contribution in [0.25, 0.3) is 0 Å². The maximum atomic E-state index is 13.4. The van der Waals surface area contributed by atoms with Gasteiger partial charge in [-0.1, -0.05) is 15.9 Å². The molecule has 3 heterocycles. The van der Waals surface area contributed by atoms with Crippen LogP contribution in [0, 0.1) is 6.92 Å². The Kier molecular flexibility index (Phi) is 2.87. The predicted octanol–water partition coefficient (Wildman–Crippen LogP) is 3.15. The third-order valence-electron chi connectivity index (χ3n) is 5.35. The zero-order valence-corrected chi connectivity index (χ0v) is 15.1. The van der Waals surface area contributed by atoms with Crippen molar-refractivity contribution in [1.82, 2.24) is 10.2 Å². The second kappa shape index (κ2) is 4.82. The normalized spacial score (nSPS) is 23.9. The van der Waals surface area contributed by atoms with Gasteiger partial charge in [0.2, 0.25) is 5.91 Å². The van der Waals surface area contributed by atoms with E-state index in [2.05, 4.69) is 36.8 Å². The van der Waals surface area contributed by atoms with Crippen molar-refractivity contribution in [2.75, 3.05) is 10.6 Å². The number of carbonyl (C=O) groups is 2. The van der Waals surface area contributed by atoms with Crippen molar-refractivity contribution >= 4 is 39.1 Å². The lowest BCUT2D eigenvalue weighted by Crippen LogP contribution is -2.45. The topological polar surface area (TPSA) is 86.9 Å². The van der Waals surface area contributed by atoms with Gasteiger partial charge in [0.05, 0.1) is 0 Å². The lowest BCUT2D eigenvalue weighted by molar-refractivity contribution is -0.122. The third kappa shape index (κ3) is 1.71. The van der Waals surface area contributed by atoms with Crippen molar-refractivity contribution in [3.8, 4) is 0 Å². The second-order valence-electron chi connectivity index (χ2n) is 6.72. The largest absolute Gasteiger partial charge is 0.342 e. The van der Waals surface area contributed by atoms with Crippen LogP contribution < -0.4 is 10.6 Å². The molecule has 1 spiro atoms. The van der Waals surface area contributed by atoms with Gasteiger partial charge in [-0.15, -0.1) is 0 Å². The molecule has 0 radical (unpaired) electrons. The molecule has 0 fully saturated rings. The summed E-state index contributed by atoms with van der Waals surface area (Å²) < 4.78 is 0.869. The Morgan fingerprint density at radius 2 is 2.04 bits per heavy atom. The van der Waals surface area contributed by atoms with Gasteiger partial charge in [-0.3, -0.25) is 14.7 Å². The van der Waals surface area contributed by atoms with Gasteiger partial charge in [-0.2, -0.15) is 5.10 Å². The number of aryl methyl sites for hydroxylation is 1. The summed E-state index contributed by atoms with van der Waals surface area (Å²) in [7, 11) is 0. The predicted molar refractivity (Wildman–Crippen MR) is 96.4 cm³/mol. The number of ketones is 1. The molecule has 0 saturated carbocycles. The minimum atomic E-state index is -1.14. The number of nitrogens with zero attached hydrogens (tertiary/aromatic N) is 1. The Hall–Kier alpha value is -2.41. The highest BCUT2D eigenvalue weighted by Crippen LogP contribution is 2.55. The molecule has 1 aliphatic carbocycles. The Balaban J connectivity index is 1.94. The van der Waals surface area contributed by atoms with Crippen LogP contribution in [0.15, 0.2) is 33.9 Å².